The van der Waals surface area contributed by atoms with Crippen molar-refractivity contribution in [3.8, 4) is 0 Å². The number of rotatable bonds is 7. The van der Waals surface area contributed by atoms with Crippen molar-refractivity contribution in [2.24, 2.45) is 0 Å². The number of thiophene rings is 1. The summed E-state index contributed by atoms with van der Waals surface area (Å²) in [5, 5.41) is 4.15. The van der Waals surface area contributed by atoms with Crippen LogP contribution in [0.15, 0.2) is 36.7 Å². The Bertz CT molecular complexity index is 1030. The lowest BCUT2D eigenvalue weighted by Gasteiger charge is -2.35. The van der Waals surface area contributed by atoms with E-state index in [1.807, 2.05) is 25.1 Å². The maximum Gasteiger partial charge on any atom is 0.261 e. The molecule has 2 aromatic heterocycles. The van der Waals surface area contributed by atoms with E-state index < -0.39 is 0 Å². The van der Waals surface area contributed by atoms with Crippen molar-refractivity contribution in [2.75, 3.05) is 44.2 Å². The molecule has 1 aromatic carbocycles. The summed E-state index contributed by atoms with van der Waals surface area (Å²) in [5.41, 5.74) is 2.21. The van der Waals surface area contributed by atoms with Gasteiger partial charge in [0.2, 0.25) is 0 Å². The molecule has 1 fully saturated rings. The molecule has 3 aromatic rings. The number of carbonyl (C=O) groups excluding carboxylic acids is 1. The molecule has 1 aliphatic rings. The number of nitrogens with one attached hydrogen (secondary N) is 1. The van der Waals surface area contributed by atoms with E-state index in [0.717, 1.165) is 59.2 Å². The first-order valence-corrected chi connectivity index (χ1v) is 11.9. The number of nitrogens with zero attached hydrogens (tertiary/aromatic N) is 4. The van der Waals surface area contributed by atoms with Crippen LogP contribution in [0.4, 0.5) is 5.82 Å². The fraction of sp³-hybridized carbons (Fsp3) is 0.458. The first kappa shape index (κ1) is 21.7. The monoisotopic (exact) mass is 437 g/mol. The third-order valence-electron chi connectivity index (χ3n) is 6.06. The smallest absolute Gasteiger partial charge is 0.261 e. The number of aromatic nitrogens is 2. The molecule has 1 N–H and O–H groups in total. The van der Waals surface area contributed by atoms with E-state index in [1.165, 1.54) is 23.3 Å². The van der Waals surface area contributed by atoms with Crippen LogP contribution in [-0.2, 0) is 0 Å². The number of aryl methyl sites for hydroxylation is 1. The van der Waals surface area contributed by atoms with Crippen LogP contribution in [0.3, 0.4) is 0 Å². The maximum atomic E-state index is 13.0. The lowest BCUT2D eigenvalue weighted by Crippen LogP contribution is -2.46. The van der Waals surface area contributed by atoms with Gasteiger partial charge in [0.05, 0.1) is 10.3 Å². The third-order valence-corrected chi connectivity index (χ3v) is 7.26. The normalized spacial score (nSPS) is 15.9. The van der Waals surface area contributed by atoms with E-state index in [4.69, 9.17) is 0 Å². The minimum absolute atomic E-state index is 0.0259. The second-order valence-corrected chi connectivity index (χ2v) is 9.28. The number of piperazine rings is 1. The lowest BCUT2D eigenvalue weighted by atomic mass is 10.0. The van der Waals surface area contributed by atoms with Gasteiger partial charge in [-0.3, -0.25) is 9.69 Å². The summed E-state index contributed by atoms with van der Waals surface area (Å²) in [4.78, 5) is 28.6. The first-order chi connectivity index (χ1) is 15.1. The summed E-state index contributed by atoms with van der Waals surface area (Å²) in [6.45, 7) is 12.1. The largest absolute Gasteiger partial charge is 0.353 e. The number of benzene rings is 1. The summed E-state index contributed by atoms with van der Waals surface area (Å²) in [5.74, 6) is 1.20. The molecule has 1 aliphatic heterocycles. The molecule has 0 radical (unpaired) electrons. The number of hydrogen-bond donors (Lipinski definition) is 1. The van der Waals surface area contributed by atoms with E-state index in [9.17, 15) is 4.79 Å². The SMILES string of the molecule is CCCN1CCN(c2ncnc3sc(C(=O)NC[C@H](C)c4ccccc4)c(C)c23)CC1. The van der Waals surface area contributed by atoms with Crippen LogP contribution in [0.25, 0.3) is 10.2 Å². The third kappa shape index (κ3) is 4.72. The second kappa shape index (κ2) is 9.75. The summed E-state index contributed by atoms with van der Waals surface area (Å²) in [6, 6.07) is 10.3. The Kier molecular flexibility index (Phi) is 6.83. The first-order valence-electron chi connectivity index (χ1n) is 11.1. The molecule has 31 heavy (non-hydrogen) atoms. The van der Waals surface area contributed by atoms with Gasteiger partial charge in [0.25, 0.3) is 5.91 Å². The highest BCUT2D eigenvalue weighted by atomic mass is 32.1. The zero-order valence-corrected chi connectivity index (χ0v) is 19.4. The van der Waals surface area contributed by atoms with Crippen molar-refractivity contribution in [1.82, 2.24) is 20.2 Å². The number of fused-ring (bicyclic) bond motifs is 1. The topological polar surface area (TPSA) is 61.4 Å². The molecule has 7 heteroatoms. The molecule has 6 nitrogen and oxygen atoms in total. The summed E-state index contributed by atoms with van der Waals surface area (Å²) >= 11 is 1.47. The average molecular weight is 438 g/mol. The second-order valence-electron chi connectivity index (χ2n) is 8.28. The molecule has 3 heterocycles. The van der Waals surface area contributed by atoms with Gasteiger partial charge in [-0.05, 0) is 36.9 Å². The van der Waals surface area contributed by atoms with Crippen LogP contribution >= 0.6 is 11.3 Å². The number of amides is 1. The summed E-state index contributed by atoms with van der Waals surface area (Å²) in [7, 11) is 0. The average Bonchev–Trinajstić information content (AvgIpc) is 3.15. The predicted molar refractivity (Wildman–Crippen MR) is 128 cm³/mol. The lowest BCUT2D eigenvalue weighted by molar-refractivity contribution is 0.0955. The Morgan fingerprint density at radius 3 is 2.61 bits per heavy atom. The van der Waals surface area contributed by atoms with Gasteiger partial charge >= 0.3 is 0 Å². The van der Waals surface area contributed by atoms with E-state index in [2.05, 4.69) is 51.1 Å². The molecule has 0 saturated carbocycles. The van der Waals surface area contributed by atoms with Crippen molar-refractivity contribution in [1.29, 1.82) is 0 Å². The van der Waals surface area contributed by atoms with Gasteiger partial charge in [-0.2, -0.15) is 0 Å². The van der Waals surface area contributed by atoms with E-state index in [0.29, 0.717) is 6.54 Å². The van der Waals surface area contributed by atoms with Crippen LogP contribution in [-0.4, -0.2) is 60.0 Å². The van der Waals surface area contributed by atoms with Crippen molar-refractivity contribution in [2.45, 2.75) is 33.1 Å². The van der Waals surface area contributed by atoms with Crippen molar-refractivity contribution < 1.29 is 4.79 Å². The predicted octanol–water partition coefficient (Wildman–Crippen LogP) is 4.07. The van der Waals surface area contributed by atoms with Crippen molar-refractivity contribution in [3.05, 3.63) is 52.7 Å². The minimum atomic E-state index is -0.0259. The van der Waals surface area contributed by atoms with Gasteiger partial charge in [0.1, 0.15) is 17.0 Å². The molecule has 164 valence electrons. The number of carbonyl (C=O) groups is 1. The van der Waals surface area contributed by atoms with Gasteiger partial charge in [-0.25, -0.2) is 9.97 Å². The molecule has 0 unspecified atom stereocenters. The van der Waals surface area contributed by atoms with Gasteiger partial charge in [0, 0.05) is 32.7 Å². The molecule has 1 atom stereocenters. The summed E-state index contributed by atoms with van der Waals surface area (Å²) < 4.78 is 0. The molecular formula is C24H31N5OS. The van der Waals surface area contributed by atoms with Gasteiger partial charge in [-0.15, -0.1) is 11.3 Å². The van der Waals surface area contributed by atoms with Crippen LogP contribution in [0.5, 0.6) is 0 Å². The number of hydrogen-bond acceptors (Lipinski definition) is 6. The van der Waals surface area contributed by atoms with E-state index in [-0.39, 0.29) is 11.8 Å². The molecule has 0 bridgehead atoms. The van der Waals surface area contributed by atoms with Crippen LogP contribution in [0.1, 0.15) is 47.0 Å². The zero-order chi connectivity index (χ0) is 21.8. The van der Waals surface area contributed by atoms with E-state index in [1.54, 1.807) is 6.33 Å². The highest BCUT2D eigenvalue weighted by Gasteiger charge is 2.24. The molecule has 4 rings (SSSR count). The Morgan fingerprint density at radius 1 is 1.16 bits per heavy atom. The van der Waals surface area contributed by atoms with Crippen molar-refractivity contribution in [3.63, 3.8) is 0 Å². The van der Waals surface area contributed by atoms with E-state index >= 15 is 0 Å². The molecule has 1 amide bonds. The summed E-state index contributed by atoms with van der Waals surface area (Å²) in [6.07, 6.45) is 2.81. The highest BCUT2D eigenvalue weighted by molar-refractivity contribution is 7.20. The van der Waals surface area contributed by atoms with Crippen molar-refractivity contribution >= 4 is 33.3 Å². The molecule has 0 spiro atoms. The van der Waals surface area contributed by atoms with Gasteiger partial charge in [0.15, 0.2) is 0 Å². The Labute approximate surface area is 188 Å². The Balaban J connectivity index is 1.50. The highest BCUT2D eigenvalue weighted by Crippen LogP contribution is 2.35. The standard InChI is InChI=1S/C24H31N5OS/c1-4-10-28-11-13-29(14-12-28)22-20-18(3)21(31-24(20)27-16-26-22)23(30)25-15-17(2)19-8-6-5-7-9-19/h5-9,16-17H,4,10-15H2,1-3H3,(H,25,30)/t17-/m0/s1. The fourth-order valence-electron chi connectivity index (χ4n) is 4.23. The minimum Gasteiger partial charge on any atom is -0.353 e. The quantitative estimate of drug-likeness (QED) is 0.604. The van der Waals surface area contributed by atoms with Gasteiger partial charge < -0.3 is 10.2 Å². The fourth-order valence-corrected chi connectivity index (χ4v) is 5.29. The maximum absolute atomic E-state index is 13.0. The number of anilines is 1. The van der Waals surface area contributed by atoms with Gasteiger partial charge in [-0.1, -0.05) is 44.2 Å². The molecule has 0 aliphatic carbocycles. The Hall–Kier alpha value is -2.51. The zero-order valence-electron chi connectivity index (χ0n) is 18.6. The van der Waals surface area contributed by atoms with Crippen LogP contribution in [0, 0.1) is 6.92 Å². The Morgan fingerprint density at radius 2 is 1.90 bits per heavy atom. The molecular weight excluding hydrogens is 406 g/mol. The van der Waals surface area contributed by atoms with Crippen LogP contribution in [0.2, 0.25) is 0 Å². The van der Waals surface area contributed by atoms with Crippen LogP contribution < -0.4 is 10.2 Å². The molecule has 1 saturated heterocycles.